The molecular weight excluding hydrogens is 318 g/mol. The average molecular weight is 339 g/mol. The molecule has 0 aliphatic heterocycles. The zero-order chi connectivity index (χ0) is 17.3. The third-order valence-corrected chi connectivity index (χ3v) is 4.65. The zero-order valence-corrected chi connectivity index (χ0v) is 15.1. The maximum atomic E-state index is 12.5. The summed E-state index contributed by atoms with van der Waals surface area (Å²) in [6.45, 7) is 8.15. The summed E-state index contributed by atoms with van der Waals surface area (Å²) in [5, 5.41) is 0.750. The third-order valence-electron chi connectivity index (χ3n) is 3.98. The number of aromatic amines is 1. The van der Waals surface area contributed by atoms with E-state index in [1.165, 1.54) is 11.9 Å². The highest BCUT2D eigenvalue weighted by atomic mass is 32.2. The van der Waals surface area contributed by atoms with Gasteiger partial charge in [0.2, 0.25) is 0 Å². The molecule has 4 nitrogen and oxygen atoms in total. The Bertz CT molecular complexity index is 809. The Balaban J connectivity index is 1.90. The molecule has 0 radical (unpaired) electrons. The van der Waals surface area contributed by atoms with E-state index >= 15 is 0 Å². The predicted molar refractivity (Wildman–Crippen MR) is 100 cm³/mol. The number of ketones is 1. The van der Waals surface area contributed by atoms with E-state index < -0.39 is 0 Å². The van der Waals surface area contributed by atoms with Crippen molar-refractivity contribution in [2.75, 3.05) is 0 Å². The average Bonchev–Trinajstić information content (AvgIpc) is 2.96. The Kier molecular flexibility index (Phi) is 4.71. The molecular formula is C19H21N3OS. The van der Waals surface area contributed by atoms with E-state index in [0.29, 0.717) is 0 Å². The maximum Gasteiger partial charge on any atom is 0.189 e. The van der Waals surface area contributed by atoms with Crippen LogP contribution in [0.25, 0.3) is 11.0 Å². The van der Waals surface area contributed by atoms with Crippen LogP contribution in [0.2, 0.25) is 0 Å². The molecule has 0 amide bonds. The van der Waals surface area contributed by atoms with Gasteiger partial charge < -0.3 is 4.98 Å². The van der Waals surface area contributed by atoms with Crippen LogP contribution in [0.3, 0.4) is 0 Å². The summed E-state index contributed by atoms with van der Waals surface area (Å²) in [5.74, 6) is 0.510. The second-order valence-corrected chi connectivity index (χ2v) is 7.26. The Hall–Kier alpha value is -2.14. The lowest BCUT2D eigenvalue weighted by Crippen LogP contribution is -2.20. The van der Waals surface area contributed by atoms with Gasteiger partial charge in [-0.15, -0.1) is 0 Å². The fourth-order valence-corrected chi connectivity index (χ4v) is 3.23. The fraction of sp³-hybridized carbons (Fsp3) is 0.316. The van der Waals surface area contributed by atoms with Crippen molar-refractivity contribution in [1.29, 1.82) is 0 Å². The normalized spacial score (nSPS) is 15.2. The van der Waals surface area contributed by atoms with Crippen LogP contribution >= 0.6 is 11.9 Å². The summed E-state index contributed by atoms with van der Waals surface area (Å²) in [6, 6.07) is 7.90. The number of hydrogen-bond donors (Lipinski definition) is 1. The number of H-pyrrole nitrogens is 1. The molecule has 1 heterocycles. The van der Waals surface area contributed by atoms with Crippen LogP contribution in [0.15, 0.2) is 57.1 Å². The highest BCUT2D eigenvalue weighted by molar-refractivity contribution is 7.98. The van der Waals surface area contributed by atoms with Crippen molar-refractivity contribution >= 4 is 34.5 Å². The Labute approximate surface area is 146 Å². The summed E-state index contributed by atoms with van der Waals surface area (Å²) in [5.41, 5.74) is 4.38. The number of carbonyl (C=O) groups is 1. The number of nitrogens with zero attached hydrogens (tertiary/aromatic N) is 2. The minimum atomic E-state index is 0.146. The van der Waals surface area contributed by atoms with Gasteiger partial charge in [0.25, 0.3) is 0 Å². The molecule has 2 aromatic rings. The SMILES string of the molecule is CC(C)C1=CC(=NSc2nc3ccccc3[nH]2)C=C(C(C)C)C1=O. The van der Waals surface area contributed by atoms with Crippen molar-refractivity contribution in [3.63, 3.8) is 0 Å². The van der Waals surface area contributed by atoms with Crippen LogP contribution in [0, 0.1) is 11.8 Å². The summed E-state index contributed by atoms with van der Waals surface area (Å²) in [4.78, 5) is 20.3. The first kappa shape index (κ1) is 16.7. The lowest BCUT2D eigenvalue weighted by molar-refractivity contribution is -0.113. The van der Waals surface area contributed by atoms with Gasteiger partial charge in [0.15, 0.2) is 10.9 Å². The summed E-state index contributed by atoms with van der Waals surface area (Å²) in [7, 11) is 0. The van der Waals surface area contributed by atoms with E-state index in [2.05, 4.69) is 14.4 Å². The van der Waals surface area contributed by atoms with E-state index in [4.69, 9.17) is 0 Å². The first-order chi connectivity index (χ1) is 11.5. The topological polar surface area (TPSA) is 58.1 Å². The van der Waals surface area contributed by atoms with Crippen molar-refractivity contribution in [3.8, 4) is 0 Å². The summed E-state index contributed by atoms with van der Waals surface area (Å²) >= 11 is 1.30. The third kappa shape index (κ3) is 3.36. The monoisotopic (exact) mass is 339 g/mol. The number of aromatic nitrogens is 2. The molecule has 24 heavy (non-hydrogen) atoms. The highest BCUT2D eigenvalue weighted by Crippen LogP contribution is 2.27. The van der Waals surface area contributed by atoms with Crippen LogP contribution in [-0.2, 0) is 4.79 Å². The number of hydrogen-bond acceptors (Lipinski definition) is 4. The second kappa shape index (κ2) is 6.77. The van der Waals surface area contributed by atoms with Crippen LogP contribution in [0.5, 0.6) is 0 Å². The lowest BCUT2D eigenvalue weighted by atomic mass is 9.84. The largest absolute Gasteiger partial charge is 0.331 e. The number of fused-ring (bicyclic) bond motifs is 1. The number of nitrogens with one attached hydrogen (secondary N) is 1. The van der Waals surface area contributed by atoms with Crippen LogP contribution in [0.4, 0.5) is 0 Å². The van der Waals surface area contributed by atoms with Crippen LogP contribution < -0.4 is 0 Å². The van der Waals surface area contributed by atoms with E-state index in [-0.39, 0.29) is 17.6 Å². The highest BCUT2D eigenvalue weighted by Gasteiger charge is 2.24. The molecule has 0 unspecified atom stereocenters. The van der Waals surface area contributed by atoms with Gasteiger partial charge in [0.1, 0.15) is 0 Å². The summed E-state index contributed by atoms with van der Waals surface area (Å²) in [6.07, 6.45) is 3.79. The molecule has 0 bridgehead atoms. The molecule has 0 saturated heterocycles. The number of carbonyl (C=O) groups excluding carboxylic acids is 1. The van der Waals surface area contributed by atoms with E-state index in [1.807, 2.05) is 64.1 Å². The van der Waals surface area contributed by atoms with Crippen LogP contribution in [-0.4, -0.2) is 21.5 Å². The number of Topliss-reactive ketones (excluding diaryl/α,β-unsaturated/α-hetero) is 1. The molecule has 1 aliphatic carbocycles. The molecule has 1 N–H and O–H groups in total. The molecule has 1 aliphatic rings. The minimum Gasteiger partial charge on any atom is -0.331 e. The summed E-state index contributed by atoms with van der Waals surface area (Å²) < 4.78 is 4.58. The van der Waals surface area contributed by atoms with E-state index in [9.17, 15) is 4.79 Å². The van der Waals surface area contributed by atoms with E-state index in [0.717, 1.165) is 33.0 Å². The minimum absolute atomic E-state index is 0.146. The number of imidazole rings is 1. The van der Waals surface area contributed by atoms with Crippen molar-refractivity contribution in [1.82, 2.24) is 9.97 Å². The Morgan fingerprint density at radius 1 is 1.04 bits per heavy atom. The fourth-order valence-electron chi connectivity index (χ4n) is 2.64. The number of allylic oxidation sites excluding steroid dienone is 4. The van der Waals surface area contributed by atoms with Gasteiger partial charge in [-0.05, 0) is 36.1 Å². The first-order valence-electron chi connectivity index (χ1n) is 8.13. The molecule has 0 saturated carbocycles. The number of para-hydroxylation sites is 2. The van der Waals surface area contributed by atoms with Gasteiger partial charge in [-0.3, -0.25) is 4.79 Å². The molecule has 5 heteroatoms. The van der Waals surface area contributed by atoms with Gasteiger partial charge in [0, 0.05) is 11.1 Å². The maximum absolute atomic E-state index is 12.5. The number of benzene rings is 1. The molecule has 0 spiro atoms. The van der Waals surface area contributed by atoms with Gasteiger partial charge in [-0.2, -0.15) is 0 Å². The Morgan fingerprint density at radius 3 is 2.25 bits per heavy atom. The van der Waals surface area contributed by atoms with Crippen LogP contribution in [0.1, 0.15) is 27.7 Å². The molecule has 0 atom stereocenters. The van der Waals surface area contributed by atoms with Gasteiger partial charge in [0.05, 0.1) is 28.7 Å². The van der Waals surface area contributed by atoms with E-state index in [1.54, 1.807) is 0 Å². The molecule has 1 aromatic heterocycles. The quantitative estimate of drug-likeness (QED) is 0.645. The van der Waals surface area contributed by atoms with Gasteiger partial charge >= 0.3 is 0 Å². The molecule has 1 aromatic carbocycles. The first-order valence-corrected chi connectivity index (χ1v) is 8.90. The van der Waals surface area contributed by atoms with Gasteiger partial charge in [-0.25, -0.2) is 9.38 Å². The standard InChI is InChI=1S/C19H21N3OS/c1-11(2)14-9-13(10-15(12(3)4)18(14)23)22-24-19-20-16-7-5-6-8-17(16)21-19/h5-12H,1-4H3,(H,20,21). The smallest absolute Gasteiger partial charge is 0.189 e. The lowest BCUT2D eigenvalue weighted by Gasteiger charge is -2.19. The van der Waals surface area contributed by atoms with Crippen molar-refractivity contribution < 1.29 is 4.79 Å². The second-order valence-electron chi connectivity index (χ2n) is 6.50. The van der Waals surface area contributed by atoms with Gasteiger partial charge in [-0.1, -0.05) is 39.8 Å². The predicted octanol–water partition coefficient (Wildman–Crippen LogP) is 4.76. The van der Waals surface area contributed by atoms with Crippen molar-refractivity contribution in [2.45, 2.75) is 32.9 Å². The molecule has 124 valence electrons. The van der Waals surface area contributed by atoms with Crippen molar-refractivity contribution in [3.05, 3.63) is 47.6 Å². The zero-order valence-electron chi connectivity index (χ0n) is 14.3. The molecule has 3 rings (SSSR count). The molecule has 0 fully saturated rings. The Morgan fingerprint density at radius 2 is 1.67 bits per heavy atom. The number of rotatable bonds is 4. The van der Waals surface area contributed by atoms with Crippen molar-refractivity contribution in [2.24, 2.45) is 16.2 Å².